The Morgan fingerprint density at radius 2 is 1.21 bits per heavy atom. The highest BCUT2D eigenvalue weighted by Gasteiger charge is 2.42. The fourth-order valence-corrected chi connectivity index (χ4v) is 6.10. The van der Waals surface area contributed by atoms with E-state index in [0.29, 0.717) is 11.3 Å². The molecular weight excluding hydrogens is 518 g/mol. The first-order valence-electron chi connectivity index (χ1n) is 14.1. The number of nitrogens with zero attached hydrogens (tertiary/aromatic N) is 2. The van der Waals surface area contributed by atoms with Gasteiger partial charge in [0, 0.05) is 11.8 Å². The van der Waals surface area contributed by atoms with E-state index in [4.69, 9.17) is 10.7 Å². The predicted octanol–water partition coefficient (Wildman–Crippen LogP) is 6.87. The van der Waals surface area contributed by atoms with E-state index in [1.54, 1.807) is 12.1 Å². The summed E-state index contributed by atoms with van der Waals surface area (Å²) in [6.45, 7) is 4.00. The molecule has 0 aliphatic carbocycles. The zero-order chi connectivity index (χ0) is 29.3. The lowest BCUT2D eigenvalue weighted by Crippen LogP contribution is -2.37. The Bertz CT molecular complexity index is 1750. The van der Waals surface area contributed by atoms with Gasteiger partial charge in [0.25, 0.3) is 0 Å². The maximum atomic E-state index is 12.5. The largest absolute Gasteiger partial charge is 0.378 e. The number of nitrogens with two attached hydrogens (primary N) is 1. The molecule has 6 aromatic rings. The molecule has 0 spiro atoms. The average Bonchev–Trinajstić information content (AvgIpc) is 3.53. The maximum Gasteiger partial charge on any atom is 0.248 e. The molecule has 1 atom stereocenters. The highest BCUT2D eigenvalue weighted by atomic mass is 16.3. The molecule has 5 heteroatoms. The van der Waals surface area contributed by atoms with E-state index in [9.17, 15) is 9.90 Å². The van der Waals surface area contributed by atoms with Crippen molar-refractivity contribution in [3.05, 3.63) is 173 Å². The third kappa shape index (κ3) is 4.39. The van der Waals surface area contributed by atoms with Crippen molar-refractivity contribution in [1.29, 1.82) is 0 Å². The quantitative estimate of drug-likeness (QED) is 0.203. The van der Waals surface area contributed by atoms with Crippen molar-refractivity contribution in [3.8, 4) is 0 Å². The number of aromatic nitrogens is 2. The molecule has 0 saturated heterocycles. The lowest BCUT2D eigenvalue weighted by molar-refractivity contribution is 0.0279. The van der Waals surface area contributed by atoms with Gasteiger partial charge in [0.15, 0.2) is 0 Å². The van der Waals surface area contributed by atoms with Gasteiger partial charge < -0.3 is 15.4 Å². The first-order chi connectivity index (χ1) is 20.3. The second-order valence-corrected chi connectivity index (χ2v) is 11.0. The lowest BCUT2D eigenvalue weighted by atomic mass is 9.76. The van der Waals surface area contributed by atoms with Crippen LogP contribution in [0.4, 0.5) is 0 Å². The number of rotatable bonds is 8. The van der Waals surface area contributed by atoms with E-state index in [2.05, 4.69) is 77.4 Å². The van der Waals surface area contributed by atoms with Gasteiger partial charge in [-0.1, -0.05) is 123 Å². The fraction of sp³-hybridized carbons (Fsp3) is 0.135. The zero-order valence-electron chi connectivity index (χ0n) is 23.7. The van der Waals surface area contributed by atoms with E-state index in [-0.39, 0.29) is 5.92 Å². The summed E-state index contributed by atoms with van der Waals surface area (Å²) in [7, 11) is 0. The molecule has 3 N–H and O–H groups in total. The number of imidazole rings is 1. The number of fused-ring (bicyclic) bond motifs is 1. The molecule has 208 valence electrons. The molecule has 1 heterocycles. The molecule has 0 saturated carbocycles. The molecule has 5 aromatic carbocycles. The number of carbonyl (C=O) groups excluding carboxylic acids is 1. The Balaban J connectivity index is 1.57. The summed E-state index contributed by atoms with van der Waals surface area (Å²) in [5.41, 5.74) is 8.35. The van der Waals surface area contributed by atoms with Crippen LogP contribution in [0.15, 0.2) is 140 Å². The Morgan fingerprint density at radius 1 is 0.714 bits per heavy atom. The molecule has 0 aliphatic rings. The minimum absolute atomic E-state index is 0.192. The molecule has 1 unspecified atom stereocenters. The number of amides is 1. The van der Waals surface area contributed by atoms with Crippen LogP contribution in [-0.4, -0.2) is 20.6 Å². The molecule has 1 aromatic heterocycles. The minimum atomic E-state index is -1.38. The van der Waals surface area contributed by atoms with Gasteiger partial charge in [-0.2, -0.15) is 0 Å². The molecule has 0 aliphatic heterocycles. The van der Waals surface area contributed by atoms with Crippen LogP contribution < -0.4 is 5.73 Å². The van der Waals surface area contributed by atoms with Crippen LogP contribution in [0.1, 0.15) is 52.2 Å². The molecule has 1 amide bonds. The third-order valence-electron chi connectivity index (χ3n) is 8.34. The van der Waals surface area contributed by atoms with Crippen molar-refractivity contribution in [3.63, 3.8) is 0 Å². The van der Waals surface area contributed by atoms with E-state index in [1.165, 1.54) is 0 Å². The molecule has 0 bridgehead atoms. The van der Waals surface area contributed by atoms with Gasteiger partial charge >= 0.3 is 0 Å². The first-order valence-corrected chi connectivity index (χ1v) is 14.1. The zero-order valence-corrected chi connectivity index (χ0v) is 23.7. The number of carbonyl (C=O) groups is 1. The summed E-state index contributed by atoms with van der Waals surface area (Å²) >= 11 is 0. The Morgan fingerprint density at radius 3 is 1.71 bits per heavy atom. The molecule has 42 heavy (non-hydrogen) atoms. The van der Waals surface area contributed by atoms with Crippen LogP contribution in [0.2, 0.25) is 0 Å². The van der Waals surface area contributed by atoms with Gasteiger partial charge in [-0.15, -0.1) is 0 Å². The van der Waals surface area contributed by atoms with Crippen LogP contribution in [0.5, 0.6) is 0 Å². The summed E-state index contributed by atoms with van der Waals surface area (Å²) in [6.07, 6.45) is 3.81. The smallest absolute Gasteiger partial charge is 0.248 e. The highest BCUT2D eigenvalue weighted by molar-refractivity contribution is 5.97. The summed E-state index contributed by atoms with van der Waals surface area (Å²) in [4.78, 5) is 16.6. The second kappa shape index (κ2) is 10.8. The third-order valence-corrected chi connectivity index (χ3v) is 8.34. The number of hydrogen-bond donors (Lipinski definition) is 2. The predicted molar refractivity (Wildman–Crippen MR) is 167 cm³/mol. The number of hydrogen-bond acceptors (Lipinski definition) is 3. The van der Waals surface area contributed by atoms with Crippen LogP contribution in [0, 0.1) is 5.92 Å². The summed E-state index contributed by atoms with van der Waals surface area (Å²) < 4.78 is 2.12. The molecule has 0 radical (unpaired) electrons. The normalized spacial score (nSPS) is 13.2. The van der Waals surface area contributed by atoms with Crippen molar-refractivity contribution in [1.82, 2.24) is 9.55 Å². The monoisotopic (exact) mass is 551 g/mol. The molecule has 5 nitrogen and oxygen atoms in total. The van der Waals surface area contributed by atoms with Crippen molar-refractivity contribution in [2.45, 2.75) is 25.0 Å². The highest BCUT2D eigenvalue weighted by Crippen LogP contribution is 2.43. The average molecular weight is 552 g/mol. The SMILES string of the molecule is CC(C)C(O)(c1ccc2cc(C(N)=O)ccc2c1)c1cn(C(c2ccccc2)(c2ccccc2)c2ccccc2)cn1. The molecule has 6 rings (SSSR count). The van der Waals surface area contributed by atoms with Gasteiger partial charge in [0.2, 0.25) is 5.91 Å². The second-order valence-electron chi connectivity index (χ2n) is 11.0. The number of benzene rings is 5. The van der Waals surface area contributed by atoms with Gasteiger partial charge in [-0.05, 0) is 57.1 Å². The standard InChI is InChI=1S/C37H33N3O2/c1-26(2)37(42,33-21-20-27-22-29(35(38)41)19-18-28(27)23-33)34-24-40(25-39-34)36(30-12-6-3-7-13-30,31-14-8-4-9-15-31)32-16-10-5-11-17-32/h3-26,42H,1-2H3,(H2,38,41). The van der Waals surface area contributed by atoms with Crippen molar-refractivity contribution < 1.29 is 9.90 Å². The van der Waals surface area contributed by atoms with Crippen LogP contribution in [0.3, 0.4) is 0 Å². The maximum absolute atomic E-state index is 12.5. The lowest BCUT2D eigenvalue weighted by Gasteiger charge is -2.37. The van der Waals surface area contributed by atoms with Crippen LogP contribution in [-0.2, 0) is 11.1 Å². The van der Waals surface area contributed by atoms with Crippen LogP contribution in [0.25, 0.3) is 10.8 Å². The van der Waals surface area contributed by atoms with Gasteiger partial charge in [-0.3, -0.25) is 4.79 Å². The van der Waals surface area contributed by atoms with Gasteiger partial charge in [-0.25, -0.2) is 4.98 Å². The van der Waals surface area contributed by atoms with Crippen LogP contribution >= 0.6 is 0 Å². The van der Waals surface area contributed by atoms with E-state index in [1.807, 2.05) is 68.8 Å². The van der Waals surface area contributed by atoms with Crippen molar-refractivity contribution >= 4 is 16.7 Å². The van der Waals surface area contributed by atoms with Gasteiger partial charge in [0.05, 0.1) is 12.0 Å². The molecular formula is C37H33N3O2. The first kappa shape index (κ1) is 27.2. The topological polar surface area (TPSA) is 81.1 Å². The Hall–Kier alpha value is -5.00. The van der Waals surface area contributed by atoms with Gasteiger partial charge in [0.1, 0.15) is 11.1 Å². The van der Waals surface area contributed by atoms with E-state index in [0.717, 1.165) is 33.0 Å². The summed E-state index contributed by atoms with van der Waals surface area (Å²) in [5.74, 6) is -0.660. The van der Waals surface area contributed by atoms with Crippen molar-refractivity contribution in [2.24, 2.45) is 11.7 Å². The molecule has 0 fully saturated rings. The minimum Gasteiger partial charge on any atom is -0.378 e. The number of primary amides is 1. The van der Waals surface area contributed by atoms with Crippen molar-refractivity contribution in [2.75, 3.05) is 0 Å². The Kier molecular flexibility index (Phi) is 6.97. The van der Waals surface area contributed by atoms with E-state index < -0.39 is 17.0 Å². The fourth-order valence-electron chi connectivity index (χ4n) is 6.10. The summed E-state index contributed by atoms with van der Waals surface area (Å²) in [6, 6.07) is 42.4. The Labute approximate surface area is 245 Å². The number of aliphatic hydroxyl groups is 1. The van der Waals surface area contributed by atoms with E-state index >= 15 is 0 Å². The summed E-state index contributed by atoms with van der Waals surface area (Å²) in [5, 5.41) is 14.3.